The van der Waals surface area contributed by atoms with Gasteiger partial charge in [0.25, 0.3) is 0 Å². The number of benzene rings is 1. The number of nitrogens with two attached hydrogens (primary N) is 1. The molecule has 2 heteroatoms. The molecule has 0 saturated carbocycles. The fourth-order valence-electron chi connectivity index (χ4n) is 2.83. The summed E-state index contributed by atoms with van der Waals surface area (Å²) < 4.78 is 0. The molecular formula is C15H24N2. The van der Waals surface area contributed by atoms with Gasteiger partial charge in [0, 0.05) is 18.3 Å². The van der Waals surface area contributed by atoms with E-state index in [2.05, 4.69) is 43.0 Å². The molecule has 2 rings (SSSR count). The van der Waals surface area contributed by atoms with Gasteiger partial charge in [0.15, 0.2) is 0 Å². The van der Waals surface area contributed by atoms with Crippen LogP contribution in [0.2, 0.25) is 0 Å². The average molecular weight is 232 g/mol. The topological polar surface area (TPSA) is 29.3 Å². The van der Waals surface area contributed by atoms with Crippen molar-refractivity contribution in [3.63, 3.8) is 0 Å². The number of rotatable bonds is 3. The quantitative estimate of drug-likeness (QED) is 0.868. The number of hydrogen-bond acceptors (Lipinski definition) is 2. The molecule has 1 aromatic rings. The molecule has 1 aliphatic rings. The molecule has 2 unspecified atom stereocenters. The van der Waals surface area contributed by atoms with Crippen molar-refractivity contribution < 1.29 is 0 Å². The van der Waals surface area contributed by atoms with E-state index >= 15 is 0 Å². The Morgan fingerprint density at radius 2 is 2.06 bits per heavy atom. The van der Waals surface area contributed by atoms with Gasteiger partial charge in [0.2, 0.25) is 0 Å². The third kappa shape index (κ3) is 2.63. The average Bonchev–Trinajstić information content (AvgIpc) is 2.34. The van der Waals surface area contributed by atoms with E-state index in [0.29, 0.717) is 6.04 Å². The van der Waals surface area contributed by atoms with E-state index in [-0.39, 0.29) is 0 Å². The third-order valence-electron chi connectivity index (χ3n) is 4.09. The molecule has 0 radical (unpaired) electrons. The Labute approximate surface area is 105 Å². The van der Waals surface area contributed by atoms with Gasteiger partial charge in [0.05, 0.1) is 0 Å². The summed E-state index contributed by atoms with van der Waals surface area (Å²) in [6.45, 7) is 6.63. The van der Waals surface area contributed by atoms with Crippen LogP contribution in [0, 0.1) is 5.92 Å². The Morgan fingerprint density at radius 1 is 1.29 bits per heavy atom. The lowest BCUT2D eigenvalue weighted by Crippen LogP contribution is -2.43. The van der Waals surface area contributed by atoms with Crippen molar-refractivity contribution in [1.29, 1.82) is 0 Å². The summed E-state index contributed by atoms with van der Waals surface area (Å²) in [5.74, 6) is 0.787. The van der Waals surface area contributed by atoms with Crippen molar-refractivity contribution in [2.24, 2.45) is 11.7 Å². The van der Waals surface area contributed by atoms with Crippen LogP contribution in [0.25, 0.3) is 0 Å². The maximum absolute atomic E-state index is 5.70. The molecule has 2 N–H and O–H groups in total. The summed E-state index contributed by atoms with van der Waals surface area (Å²) in [4.78, 5) is 2.57. The van der Waals surface area contributed by atoms with Gasteiger partial charge < -0.3 is 10.6 Å². The predicted molar refractivity (Wildman–Crippen MR) is 74.4 cm³/mol. The smallest absolute Gasteiger partial charge is 0.0401 e. The number of anilines is 1. The second-order valence-electron chi connectivity index (χ2n) is 5.22. The predicted octanol–water partition coefficient (Wildman–Crippen LogP) is 2.81. The first-order valence-electron chi connectivity index (χ1n) is 6.78. The van der Waals surface area contributed by atoms with Crippen molar-refractivity contribution >= 4 is 5.69 Å². The minimum absolute atomic E-state index is 0.641. The van der Waals surface area contributed by atoms with Crippen LogP contribution in [0.15, 0.2) is 24.3 Å². The van der Waals surface area contributed by atoms with Crippen LogP contribution in [0.1, 0.15) is 32.3 Å². The fourth-order valence-corrected chi connectivity index (χ4v) is 2.83. The van der Waals surface area contributed by atoms with Crippen molar-refractivity contribution in [3.05, 3.63) is 29.8 Å². The van der Waals surface area contributed by atoms with Crippen LogP contribution in [0.4, 0.5) is 5.69 Å². The monoisotopic (exact) mass is 232 g/mol. The van der Waals surface area contributed by atoms with Crippen molar-refractivity contribution in [1.82, 2.24) is 0 Å². The van der Waals surface area contributed by atoms with Crippen molar-refractivity contribution in [2.75, 3.05) is 18.0 Å². The largest absolute Gasteiger partial charge is 0.368 e. The highest BCUT2D eigenvalue weighted by molar-refractivity contribution is 5.55. The molecule has 1 aromatic carbocycles. The Morgan fingerprint density at radius 3 is 2.82 bits per heavy atom. The number of hydrogen-bond donors (Lipinski definition) is 1. The van der Waals surface area contributed by atoms with Crippen LogP contribution in [0.5, 0.6) is 0 Å². The molecule has 0 spiro atoms. The van der Waals surface area contributed by atoms with Crippen LogP contribution in [-0.2, 0) is 6.42 Å². The summed E-state index contributed by atoms with van der Waals surface area (Å²) in [7, 11) is 0. The zero-order valence-corrected chi connectivity index (χ0v) is 11.0. The van der Waals surface area contributed by atoms with Gasteiger partial charge in [-0.25, -0.2) is 0 Å². The van der Waals surface area contributed by atoms with E-state index in [9.17, 15) is 0 Å². The van der Waals surface area contributed by atoms with E-state index in [0.717, 1.165) is 18.9 Å². The molecule has 2 atom stereocenters. The molecule has 1 saturated heterocycles. The van der Waals surface area contributed by atoms with Crippen LogP contribution < -0.4 is 10.6 Å². The second kappa shape index (κ2) is 5.54. The van der Waals surface area contributed by atoms with Crippen LogP contribution in [-0.4, -0.2) is 19.1 Å². The lowest BCUT2D eigenvalue weighted by atomic mass is 9.91. The normalized spacial score (nSPS) is 25.0. The maximum atomic E-state index is 5.70. The molecule has 17 heavy (non-hydrogen) atoms. The van der Waals surface area contributed by atoms with Gasteiger partial charge in [-0.15, -0.1) is 0 Å². The molecule has 0 aliphatic carbocycles. The van der Waals surface area contributed by atoms with E-state index in [1.54, 1.807) is 0 Å². The maximum Gasteiger partial charge on any atom is 0.0401 e. The third-order valence-corrected chi connectivity index (χ3v) is 4.09. The Hall–Kier alpha value is -1.02. The van der Waals surface area contributed by atoms with Crippen molar-refractivity contribution in [3.8, 4) is 0 Å². The first kappa shape index (κ1) is 12.4. The van der Waals surface area contributed by atoms with Crippen LogP contribution in [0.3, 0.4) is 0 Å². The zero-order chi connectivity index (χ0) is 12.3. The molecule has 2 nitrogen and oxygen atoms in total. The molecule has 0 bridgehead atoms. The molecule has 94 valence electrons. The van der Waals surface area contributed by atoms with Gasteiger partial charge in [-0.3, -0.25) is 0 Å². The van der Waals surface area contributed by atoms with Gasteiger partial charge in [-0.2, -0.15) is 0 Å². The number of piperidine rings is 1. The molecule has 1 aliphatic heterocycles. The summed E-state index contributed by atoms with van der Waals surface area (Å²) in [5.41, 5.74) is 8.50. The summed E-state index contributed by atoms with van der Waals surface area (Å²) >= 11 is 0. The van der Waals surface area contributed by atoms with E-state index < -0.39 is 0 Å². The summed E-state index contributed by atoms with van der Waals surface area (Å²) in [6.07, 6.45) is 3.65. The highest BCUT2D eigenvalue weighted by atomic mass is 15.2. The first-order valence-corrected chi connectivity index (χ1v) is 6.78. The molecule has 0 amide bonds. The van der Waals surface area contributed by atoms with Gasteiger partial charge in [-0.1, -0.05) is 25.1 Å². The Balaban J connectivity index is 2.25. The standard InChI is InChI=1S/C15H24N2/c1-12-6-5-11-17(13(12)2)15-8-4-3-7-14(15)9-10-16/h3-4,7-8,12-13H,5-6,9-11,16H2,1-2H3. The highest BCUT2D eigenvalue weighted by Crippen LogP contribution is 2.30. The van der Waals surface area contributed by atoms with Crippen molar-refractivity contribution in [2.45, 2.75) is 39.2 Å². The molecule has 1 heterocycles. The second-order valence-corrected chi connectivity index (χ2v) is 5.22. The lowest BCUT2D eigenvalue weighted by molar-refractivity contribution is 0.363. The fraction of sp³-hybridized carbons (Fsp3) is 0.600. The van der Waals surface area contributed by atoms with Gasteiger partial charge >= 0.3 is 0 Å². The number of para-hydroxylation sites is 1. The van der Waals surface area contributed by atoms with Gasteiger partial charge in [-0.05, 0) is 50.3 Å². The zero-order valence-electron chi connectivity index (χ0n) is 11.0. The van der Waals surface area contributed by atoms with E-state index in [4.69, 9.17) is 5.73 Å². The van der Waals surface area contributed by atoms with E-state index in [1.165, 1.54) is 30.6 Å². The first-order chi connectivity index (χ1) is 8.24. The minimum Gasteiger partial charge on any atom is -0.368 e. The summed E-state index contributed by atoms with van der Waals surface area (Å²) in [5, 5.41) is 0. The molecule has 1 fully saturated rings. The number of nitrogens with zero attached hydrogens (tertiary/aromatic N) is 1. The Bertz CT molecular complexity index is 362. The Kier molecular flexibility index (Phi) is 4.06. The lowest BCUT2D eigenvalue weighted by Gasteiger charge is -2.40. The SMILES string of the molecule is CC1CCCN(c2ccccc2CCN)C1C. The molecule has 0 aromatic heterocycles. The van der Waals surface area contributed by atoms with Crippen LogP contribution >= 0.6 is 0 Å². The highest BCUT2D eigenvalue weighted by Gasteiger charge is 2.25. The summed E-state index contributed by atoms with van der Waals surface area (Å²) in [6, 6.07) is 9.37. The van der Waals surface area contributed by atoms with E-state index in [1.807, 2.05) is 0 Å². The minimum atomic E-state index is 0.641. The molecular weight excluding hydrogens is 208 g/mol. The van der Waals surface area contributed by atoms with Gasteiger partial charge in [0.1, 0.15) is 0 Å².